The number of rotatable bonds is 5. The molecule has 2 aromatic heterocycles. The first-order chi connectivity index (χ1) is 13.1. The molecule has 4 aromatic rings. The van der Waals surface area contributed by atoms with Gasteiger partial charge >= 0.3 is 0 Å². The van der Waals surface area contributed by atoms with E-state index < -0.39 is 17.7 Å². The second-order valence-corrected chi connectivity index (χ2v) is 6.78. The lowest BCUT2D eigenvalue weighted by Crippen LogP contribution is -2.14. The van der Waals surface area contributed by atoms with Crippen molar-refractivity contribution in [3.63, 3.8) is 0 Å². The fourth-order valence-electron chi connectivity index (χ4n) is 2.76. The molecule has 0 saturated heterocycles. The van der Waals surface area contributed by atoms with Crippen LogP contribution in [0.2, 0.25) is 0 Å². The highest BCUT2D eigenvalue weighted by Crippen LogP contribution is 2.26. The summed E-state index contributed by atoms with van der Waals surface area (Å²) < 4.78 is 26.5. The van der Waals surface area contributed by atoms with Gasteiger partial charge in [-0.2, -0.15) is 11.3 Å². The molecule has 1 atom stereocenters. The topological polar surface area (TPSA) is 58.0 Å². The third-order valence-electron chi connectivity index (χ3n) is 4.17. The SMILES string of the molecule is O[C@@H](CNc1nc(-c2ccsc2)nc2ccccc12)c1ccc(F)c(F)c1. The van der Waals surface area contributed by atoms with Crippen LogP contribution in [0.1, 0.15) is 11.7 Å². The highest BCUT2D eigenvalue weighted by atomic mass is 32.1. The number of benzene rings is 2. The molecule has 2 N–H and O–H groups in total. The average Bonchev–Trinajstić information content (AvgIpc) is 3.22. The highest BCUT2D eigenvalue weighted by Gasteiger charge is 2.14. The van der Waals surface area contributed by atoms with E-state index in [1.807, 2.05) is 41.1 Å². The number of aromatic nitrogens is 2. The Kier molecular flexibility index (Phi) is 4.79. The number of nitrogens with one attached hydrogen (secondary N) is 1. The average molecular weight is 383 g/mol. The molecular formula is C20H15F2N3OS. The first-order valence-electron chi connectivity index (χ1n) is 8.28. The van der Waals surface area contributed by atoms with Crippen LogP contribution >= 0.6 is 11.3 Å². The van der Waals surface area contributed by atoms with Gasteiger partial charge in [-0.05, 0) is 41.3 Å². The second-order valence-electron chi connectivity index (χ2n) is 6.00. The van der Waals surface area contributed by atoms with Crippen LogP contribution in [0.4, 0.5) is 14.6 Å². The molecule has 2 aromatic carbocycles. The number of anilines is 1. The molecule has 0 spiro atoms. The molecule has 0 unspecified atom stereocenters. The fraction of sp³-hybridized carbons (Fsp3) is 0.100. The summed E-state index contributed by atoms with van der Waals surface area (Å²) in [5.41, 5.74) is 1.98. The third-order valence-corrected chi connectivity index (χ3v) is 4.86. The zero-order valence-corrected chi connectivity index (χ0v) is 14.9. The molecule has 27 heavy (non-hydrogen) atoms. The maximum Gasteiger partial charge on any atom is 0.162 e. The quantitative estimate of drug-likeness (QED) is 0.521. The Morgan fingerprint density at radius 3 is 2.67 bits per heavy atom. The van der Waals surface area contributed by atoms with Crippen LogP contribution in [-0.4, -0.2) is 21.6 Å². The molecule has 0 aliphatic carbocycles. The van der Waals surface area contributed by atoms with E-state index in [4.69, 9.17) is 0 Å². The Bertz CT molecular complexity index is 1090. The molecule has 0 bridgehead atoms. The Hall–Kier alpha value is -2.90. The molecule has 136 valence electrons. The lowest BCUT2D eigenvalue weighted by atomic mass is 10.1. The molecule has 2 heterocycles. The van der Waals surface area contributed by atoms with Crippen molar-refractivity contribution in [3.8, 4) is 11.4 Å². The van der Waals surface area contributed by atoms with Crippen molar-refractivity contribution >= 4 is 28.1 Å². The number of thiophene rings is 1. The van der Waals surface area contributed by atoms with Crippen molar-refractivity contribution in [2.24, 2.45) is 0 Å². The third kappa shape index (κ3) is 3.65. The van der Waals surface area contributed by atoms with Gasteiger partial charge in [0.05, 0.1) is 11.6 Å². The van der Waals surface area contributed by atoms with Crippen LogP contribution in [0.15, 0.2) is 59.3 Å². The molecule has 0 amide bonds. The van der Waals surface area contributed by atoms with Crippen molar-refractivity contribution < 1.29 is 13.9 Å². The zero-order valence-electron chi connectivity index (χ0n) is 14.1. The minimum absolute atomic E-state index is 0.0924. The normalized spacial score (nSPS) is 12.3. The van der Waals surface area contributed by atoms with Gasteiger partial charge in [-0.3, -0.25) is 0 Å². The molecular weight excluding hydrogens is 368 g/mol. The van der Waals surface area contributed by atoms with Gasteiger partial charge in [-0.25, -0.2) is 18.7 Å². The van der Waals surface area contributed by atoms with Crippen molar-refractivity contribution in [3.05, 3.63) is 76.5 Å². The van der Waals surface area contributed by atoms with Crippen molar-refractivity contribution in [2.45, 2.75) is 6.10 Å². The summed E-state index contributed by atoms with van der Waals surface area (Å²) in [6, 6.07) is 12.9. The Labute approximate surface area is 158 Å². The summed E-state index contributed by atoms with van der Waals surface area (Å²) in [5.74, 6) is -0.775. The van der Waals surface area contributed by atoms with E-state index in [1.165, 1.54) is 6.07 Å². The van der Waals surface area contributed by atoms with Crippen LogP contribution in [-0.2, 0) is 0 Å². The van der Waals surface area contributed by atoms with Gasteiger partial charge in [-0.15, -0.1) is 0 Å². The zero-order chi connectivity index (χ0) is 18.8. The van der Waals surface area contributed by atoms with E-state index in [0.29, 0.717) is 11.6 Å². The number of para-hydroxylation sites is 1. The molecule has 0 radical (unpaired) electrons. The van der Waals surface area contributed by atoms with Crippen LogP contribution in [0.5, 0.6) is 0 Å². The molecule has 4 rings (SSSR count). The Morgan fingerprint density at radius 2 is 1.89 bits per heavy atom. The van der Waals surface area contributed by atoms with Gasteiger partial charge in [0.15, 0.2) is 17.5 Å². The highest BCUT2D eigenvalue weighted by molar-refractivity contribution is 7.08. The standard InChI is InChI=1S/C20H15F2N3OS/c21-15-6-5-12(9-16(15)22)18(26)10-23-20-14-3-1-2-4-17(14)24-19(25-20)13-7-8-27-11-13/h1-9,11,18,26H,10H2,(H,23,24,25)/t18-/m0/s1. The number of hydrogen-bond acceptors (Lipinski definition) is 5. The van der Waals surface area contributed by atoms with Gasteiger partial charge in [0.1, 0.15) is 5.82 Å². The van der Waals surface area contributed by atoms with E-state index in [1.54, 1.807) is 11.3 Å². The van der Waals surface area contributed by atoms with Crippen molar-refractivity contribution in [1.29, 1.82) is 0 Å². The Balaban J connectivity index is 1.63. The first kappa shape index (κ1) is 17.5. The smallest absolute Gasteiger partial charge is 0.162 e. The van der Waals surface area contributed by atoms with E-state index in [-0.39, 0.29) is 12.1 Å². The minimum atomic E-state index is -1.02. The predicted octanol–water partition coefficient (Wildman–Crippen LogP) is 4.78. The lowest BCUT2D eigenvalue weighted by Gasteiger charge is -2.15. The summed E-state index contributed by atoms with van der Waals surface area (Å²) in [4.78, 5) is 9.17. The number of fused-ring (bicyclic) bond motifs is 1. The van der Waals surface area contributed by atoms with Crippen molar-refractivity contribution in [2.75, 3.05) is 11.9 Å². The van der Waals surface area contributed by atoms with Crippen LogP contribution in [0, 0.1) is 11.6 Å². The molecule has 0 aliphatic rings. The monoisotopic (exact) mass is 383 g/mol. The molecule has 0 saturated carbocycles. The van der Waals surface area contributed by atoms with Gasteiger partial charge in [-0.1, -0.05) is 18.2 Å². The fourth-order valence-corrected chi connectivity index (χ4v) is 3.40. The Morgan fingerprint density at radius 1 is 1.04 bits per heavy atom. The summed E-state index contributed by atoms with van der Waals surface area (Å²) >= 11 is 1.56. The largest absolute Gasteiger partial charge is 0.387 e. The number of aliphatic hydroxyl groups is 1. The molecule has 0 aliphatic heterocycles. The maximum absolute atomic E-state index is 13.4. The second kappa shape index (κ2) is 7.38. The lowest BCUT2D eigenvalue weighted by molar-refractivity contribution is 0.191. The molecule has 7 heteroatoms. The minimum Gasteiger partial charge on any atom is -0.387 e. The van der Waals surface area contributed by atoms with Gasteiger partial charge in [0.25, 0.3) is 0 Å². The maximum atomic E-state index is 13.4. The number of nitrogens with zero attached hydrogens (tertiary/aromatic N) is 2. The summed E-state index contributed by atoms with van der Waals surface area (Å²) in [7, 11) is 0. The van der Waals surface area contributed by atoms with E-state index in [9.17, 15) is 13.9 Å². The van der Waals surface area contributed by atoms with E-state index in [2.05, 4.69) is 15.3 Å². The summed E-state index contributed by atoms with van der Waals surface area (Å²) in [5, 5.41) is 18.2. The number of hydrogen-bond donors (Lipinski definition) is 2. The van der Waals surface area contributed by atoms with Crippen LogP contribution in [0.25, 0.3) is 22.3 Å². The van der Waals surface area contributed by atoms with E-state index in [0.717, 1.165) is 28.6 Å². The summed E-state index contributed by atoms with van der Waals surface area (Å²) in [6.45, 7) is 0.0924. The molecule has 0 fully saturated rings. The van der Waals surface area contributed by atoms with E-state index >= 15 is 0 Å². The summed E-state index contributed by atoms with van der Waals surface area (Å²) in [6.07, 6.45) is -1.02. The van der Waals surface area contributed by atoms with Gasteiger partial charge < -0.3 is 10.4 Å². The van der Waals surface area contributed by atoms with Gasteiger partial charge in [0.2, 0.25) is 0 Å². The number of halogens is 2. The van der Waals surface area contributed by atoms with Gasteiger partial charge in [0, 0.05) is 22.9 Å². The predicted molar refractivity (Wildman–Crippen MR) is 103 cm³/mol. The van der Waals surface area contributed by atoms with Crippen LogP contribution < -0.4 is 5.32 Å². The number of aliphatic hydroxyl groups excluding tert-OH is 1. The first-order valence-corrected chi connectivity index (χ1v) is 9.22. The molecule has 4 nitrogen and oxygen atoms in total. The van der Waals surface area contributed by atoms with Crippen molar-refractivity contribution in [1.82, 2.24) is 9.97 Å². The van der Waals surface area contributed by atoms with Crippen LogP contribution in [0.3, 0.4) is 0 Å².